The molecule has 66 valence electrons. The molecule has 1 rings (SSSR count). The quantitative estimate of drug-likeness (QED) is 0.675. The zero-order valence-electron chi connectivity index (χ0n) is 7.75. The Labute approximate surface area is 74.2 Å². The van der Waals surface area contributed by atoms with Gasteiger partial charge < -0.3 is 5.32 Å². The number of nitrogens with zero attached hydrogens (tertiary/aromatic N) is 1. The molecule has 0 unspecified atom stereocenters. The summed E-state index contributed by atoms with van der Waals surface area (Å²) in [5, 5.41) is 3.11. The number of hydrogen-bond acceptors (Lipinski definition) is 2. The Balaban J connectivity index is 2.41. The first kappa shape index (κ1) is 9.23. The van der Waals surface area contributed by atoms with E-state index < -0.39 is 0 Å². The molecule has 0 aliphatic carbocycles. The fourth-order valence-electron chi connectivity index (χ4n) is 1.22. The Kier molecular flexibility index (Phi) is 3.77. The van der Waals surface area contributed by atoms with Crippen LogP contribution in [0.1, 0.15) is 5.56 Å². The normalized spacial score (nSPS) is 10.6. The summed E-state index contributed by atoms with van der Waals surface area (Å²) >= 11 is 0. The van der Waals surface area contributed by atoms with Crippen molar-refractivity contribution < 1.29 is 0 Å². The van der Waals surface area contributed by atoms with E-state index in [4.69, 9.17) is 0 Å². The molecule has 0 saturated heterocycles. The van der Waals surface area contributed by atoms with Gasteiger partial charge in [0.05, 0.1) is 0 Å². The molecule has 0 fully saturated rings. The van der Waals surface area contributed by atoms with E-state index in [0.29, 0.717) is 0 Å². The van der Waals surface area contributed by atoms with Gasteiger partial charge in [-0.1, -0.05) is 30.3 Å². The smallest absolute Gasteiger partial charge is 0.0478 e. The van der Waals surface area contributed by atoms with Crippen LogP contribution in [0.3, 0.4) is 0 Å². The predicted molar refractivity (Wildman–Crippen MR) is 51.8 cm³/mol. The lowest BCUT2D eigenvalue weighted by molar-refractivity contribution is 0.310. The second-order valence-electron chi connectivity index (χ2n) is 3.01. The van der Waals surface area contributed by atoms with Crippen molar-refractivity contribution in [3.63, 3.8) is 0 Å². The molecule has 1 N–H and O–H groups in total. The van der Waals surface area contributed by atoms with Gasteiger partial charge >= 0.3 is 0 Å². The van der Waals surface area contributed by atoms with E-state index in [9.17, 15) is 0 Å². The summed E-state index contributed by atoms with van der Waals surface area (Å²) in [5.41, 5.74) is 1.36. The lowest BCUT2D eigenvalue weighted by Gasteiger charge is -2.15. The maximum Gasteiger partial charge on any atom is 0.0478 e. The van der Waals surface area contributed by atoms with Crippen LogP contribution in [-0.4, -0.2) is 25.7 Å². The molecule has 0 amide bonds. The molecule has 1 aromatic carbocycles. The largest absolute Gasteiger partial charge is 0.307 e. The van der Waals surface area contributed by atoms with E-state index in [2.05, 4.69) is 41.5 Å². The fourth-order valence-corrected chi connectivity index (χ4v) is 1.22. The van der Waals surface area contributed by atoms with Crippen LogP contribution in [0.2, 0.25) is 0 Å². The summed E-state index contributed by atoms with van der Waals surface area (Å²) in [6.45, 7) is 1.93. The number of rotatable bonds is 4. The molecule has 0 aromatic heterocycles. The van der Waals surface area contributed by atoms with E-state index in [0.717, 1.165) is 13.2 Å². The fraction of sp³-hybridized carbons (Fsp3) is 0.400. The molecule has 0 bridgehead atoms. The maximum absolute atomic E-state index is 3.11. The van der Waals surface area contributed by atoms with E-state index >= 15 is 0 Å². The zero-order valence-corrected chi connectivity index (χ0v) is 7.75. The van der Waals surface area contributed by atoms with Crippen molar-refractivity contribution >= 4 is 0 Å². The predicted octanol–water partition coefficient (Wildman–Crippen LogP) is 1.30. The molecular weight excluding hydrogens is 148 g/mol. The molecule has 0 atom stereocenters. The number of benzene rings is 1. The third-order valence-electron chi connectivity index (χ3n) is 1.72. The highest BCUT2D eigenvalue weighted by molar-refractivity contribution is 5.14. The second-order valence-corrected chi connectivity index (χ2v) is 3.01. The Morgan fingerprint density at radius 3 is 2.50 bits per heavy atom. The monoisotopic (exact) mass is 164 g/mol. The first-order valence-corrected chi connectivity index (χ1v) is 4.20. The summed E-state index contributed by atoms with van der Waals surface area (Å²) in [7, 11) is 4.06. The third-order valence-corrected chi connectivity index (χ3v) is 1.72. The Bertz CT molecular complexity index is 208. The van der Waals surface area contributed by atoms with Gasteiger partial charge in [0, 0.05) is 13.2 Å². The lowest BCUT2D eigenvalue weighted by Crippen LogP contribution is -2.27. The summed E-state index contributed by atoms with van der Waals surface area (Å²) < 4.78 is 0. The second kappa shape index (κ2) is 4.91. The van der Waals surface area contributed by atoms with Crippen LogP contribution in [-0.2, 0) is 6.54 Å². The minimum Gasteiger partial charge on any atom is -0.307 e. The van der Waals surface area contributed by atoms with Gasteiger partial charge in [0.1, 0.15) is 0 Å². The number of hydrogen-bond donors (Lipinski definition) is 1. The highest BCUT2D eigenvalue weighted by Crippen LogP contribution is 2.00. The average Bonchev–Trinajstić information content (AvgIpc) is 2.06. The van der Waals surface area contributed by atoms with Crippen molar-refractivity contribution in [1.29, 1.82) is 0 Å². The van der Waals surface area contributed by atoms with Crippen LogP contribution in [0.25, 0.3) is 0 Å². The van der Waals surface area contributed by atoms with E-state index in [-0.39, 0.29) is 0 Å². The van der Waals surface area contributed by atoms with Crippen LogP contribution in [0, 0.1) is 0 Å². The van der Waals surface area contributed by atoms with Gasteiger partial charge in [0.15, 0.2) is 0 Å². The standard InChI is InChI=1S/C10H16N2/c1-11-9-12(2)8-10-6-4-3-5-7-10/h3-7,11H,8-9H2,1-2H3. The Hall–Kier alpha value is -0.860. The van der Waals surface area contributed by atoms with Crippen molar-refractivity contribution in [3.05, 3.63) is 35.9 Å². The van der Waals surface area contributed by atoms with Crippen LogP contribution in [0.15, 0.2) is 30.3 Å². The molecule has 1 aromatic rings. The van der Waals surface area contributed by atoms with E-state index in [1.807, 2.05) is 13.1 Å². The lowest BCUT2D eigenvalue weighted by atomic mass is 10.2. The molecule has 0 heterocycles. The number of nitrogens with one attached hydrogen (secondary N) is 1. The van der Waals surface area contributed by atoms with Gasteiger partial charge in [0.25, 0.3) is 0 Å². The molecule has 0 saturated carbocycles. The molecule has 12 heavy (non-hydrogen) atoms. The minimum atomic E-state index is 0.925. The first-order valence-electron chi connectivity index (χ1n) is 4.20. The summed E-state index contributed by atoms with van der Waals surface area (Å²) in [5.74, 6) is 0. The molecule has 0 aliphatic heterocycles. The summed E-state index contributed by atoms with van der Waals surface area (Å²) in [4.78, 5) is 2.23. The molecule has 0 radical (unpaired) electrons. The highest BCUT2D eigenvalue weighted by Gasteiger charge is 1.96. The molecule has 0 aliphatic rings. The van der Waals surface area contributed by atoms with Gasteiger partial charge in [-0.15, -0.1) is 0 Å². The maximum atomic E-state index is 3.11. The topological polar surface area (TPSA) is 15.3 Å². The third kappa shape index (κ3) is 3.03. The first-order chi connectivity index (χ1) is 5.83. The highest BCUT2D eigenvalue weighted by atomic mass is 15.2. The van der Waals surface area contributed by atoms with Crippen LogP contribution >= 0.6 is 0 Å². The van der Waals surface area contributed by atoms with Gasteiger partial charge in [-0.25, -0.2) is 0 Å². The summed E-state index contributed by atoms with van der Waals surface area (Å²) in [6, 6.07) is 10.5. The minimum absolute atomic E-state index is 0.925. The van der Waals surface area contributed by atoms with Crippen molar-refractivity contribution in [2.75, 3.05) is 20.8 Å². The SMILES string of the molecule is CNCN(C)Cc1ccccc1. The van der Waals surface area contributed by atoms with Crippen LogP contribution < -0.4 is 5.32 Å². The molecular formula is C10H16N2. The molecule has 0 spiro atoms. The molecule has 2 nitrogen and oxygen atoms in total. The zero-order chi connectivity index (χ0) is 8.81. The van der Waals surface area contributed by atoms with E-state index in [1.165, 1.54) is 5.56 Å². The summed E-state index contributed by atoms with van der Waals surface area (Å²) in [6.07, 6.45) is 0. The molecule has 2 heteroatoms. The van der Waals surface area contributed by atoms with Gasteiger partial charge in [-0.3, -0.25) is 4.90 Å². The van der Waals surface area contributed by atoms with Crippen molar-refractivity contribution in [2.45, 2.75) is 6.54 Å². The Morgan fingerprint density at radius 1 is 1.25 bits per heavy atom. The Morgan fingerprint density at radius 2 is 1.92 bits per heavy atom. The van der Waals surface area contributed by atoms with E-state index in [1.54, 1.807) is 0 Å². The van der Waals surface area contributed by atoms with Crippen LogP contribution in [0.4, 0.5) is 0 Å². The van der Waals surface area contributed by atoms with Crippen LogP contribution in [0.5, 0.6) is 0 Å². The van der Waals surface area contributed by atoms with Gasteiger partial charge in [-0.05, 0) is 19.7 Å². The average molecular weight is 164 g/mol. The van der Waals surface area contributed by atoms with Crippen molar-refractivity contribution in [2.24, 2.45) is 0 Å². The van der Waals surface area contributed by atoms with Crippen molar-refractivity contribution in [3.8, 4) is 0 Å². The van der Waals surface area contributed by atoms with Gasteiger partial charge in [-0.2, -0.15) is 0 Å². The van der Waals surface area contributed by atoms with Crippen molar-refractivity contribution in [1.82, 2.24) is 10.2 Å². The van der Waals surface area contributed by atoms with Gasteiger partial charge in [0.2, 0.25) is 0 Å².